The summed E-state index contributed by atoms with van der Waals surface area (Å²) < 4.78 is 0. The van der Waals surface area contributed by atoms with E-state index in [2.05, 4.69) is 21.5 Å². The van der Waals surface area contributed by atoms with Crippen LogP contribution < -0.4 is 11.1 Å². The highest BCUT2D eigenvalue weighted by molar-refractivity contribution is 7.98. The van der Waals surface area contributed by atoms with Crippen molar-refractivity contribution in [3.05, 3.63) is 24.5 Å². The maximum atomic E-state index is 5.80. The summed E-state index contributed by atoms with van der Waals surface area (Å²) >= 11 is 1.88. The predicted octanol–water partition coefficient (Wildman–Crippen LogP) is 2.77. The van der Waals surface area contributed by atoms with Gasteiger partial charge in [0.25, 0.3) is 0 Å². The normalized spacial score (nSPS) is 10.7. The second-order valence-electron chi connectivity index (χ2n) is 4.13. The molecule has 2 rings (SSSR count). The second-order valence-corrected chi connectivity index (χ2v) is 5.11. The van der Waals surface area contributed by atoms with Crippen molar-refractivity contribution in [2.24, 2.45) is 0 Å². The van der Waals surface area contributed by atoms with Crippen LogP contribution in [0.25, 0.3) is 10.9 Å². The molecule has 18 heavy (non-hydrogen) atoms. The van der Waals surface area contributed by atoms with Crippen LogP contribution in [0.2, 0.25) is 0 Å². The molecular weight excluding hydrogens is 244 g/mol. The first-order chi connectivity index (χ1) is 8.81. The summed E-state index contributed by atoms with van der Waals surface area (Å²) in [6.45, 7) is 0.932. The smallest absolute Gasteiger partial charge is 0.137 e. The first-order valence-corrected chi connectivity index (χ1v) is 7.43. The van der Waals surface area contributed by atoms with E-state index < -0.39 is 0 Å². The molecule has 0 fully saturated rings. The van der Waals surface area contributed by atoms with E-state index in [0.717, 1.165) is 35.4 Å². The molecule has 0 radical (unpaired) electrons. The predicted molar refractivity (Wildman–Crippen MR) is 80.1 cm³/mol. The molecule has 0 saturated carbocycles. The largest absolute Gasteiger partial charge is 0.399 e. The lowest BCUT2D eigenvalue weighted by Crippen LogP contribution is -2.05. The van der Waals surface area contributed by atoms with E-state index in [4.69, 9.17) is 5.73 Å². The monoisotopic (exact) mass is 262 g/mol. The molecule has 1 aromatic heterocycles. The Kier molecular flexibility index (Phi) is 4.64. The van der Waals surface area contributed by atoms with Crippen molar-refractivity contribution < 1.29 is 0 Å². The van der Waals surface area contributed by atoms with E-state index in [1.165, 1.54) is 12.2 Å². The van der Waals surface area contributed by atoms with Crippen molar-refractivity contribution in [1.82, 2.24) is 9.97 Å². The Balaban J connectivity index is 2.05. The Morgan fingerprint density at radius 1 is 1.28 bits per heavy atom. The van der Waals surface area contributed by atoms with Crippen LogP contribution >= 0.6 is 11.8 Å². The molecule has 0 aliphatic rings. The highest BCUT2D eigenvalue weighted by Crippen LogP contribution is 2.21. The van der Waals surface area contributed by atoms with Crippen molar-refractivity contribution in [2.45, 2.75) is 12.8 Å². The number of rotatable bonds is 6. The Hall–Kier alpha value is -1.49. The third-order valence-electron chi connectivity index (χ3n) is 2.73. The zero-order valence-corrected chi connectivity index (χ0v) is 11.3. The molecule has 1 aromatic carbocycles. The number of nitrogens with one attached hydrogen (secondary N) is 1. The van der Waals surface area contributed by atoms with Gasteiger partial charge in [0.2, 0.25) is 0 Å². The van der Waals surface area contributed by atoms with E-state index in [0.29, 0.717) is 0 Å². The van der Waals surface area contributed by atoms with Crippen molar-refractivity contribution >= 4 is 34.2 Å². The quantitative estimate of drug-likeness (QED) is 0.619. The van der Waals surface area contributed by atoms with E-state index in [1.54, 1.807) is 6.33 Å². The zero-order valence-electron chi connectivity index (χ0n) is 10.5. The number of nitrogen functional groups attached to an aromatic ring is 1. The van der Waals surface area contributed by atoms with Gasteiger partial charge in [0.1, 0.15) is 12.1 Å². The zero-order chi connectivity index (χ0) is 12.8. The molecule has 3 N–H and O–H groups in total. The summed E-state index contributed by atoms with van der Waals surface area (Å²) in [5.74, 6) is 2.08. The minimum atomic E-state index is 0.739. The average molecular weight is 262 g/mol. The molecule has 1 heterocycles. The fourth-order valence-corrected chi connectivity index (χ4v) is 2.29. The first-order valence-electron chi connectivity index (χ1n) is 6.04. The SMILES string of the molecule is CSCCCCNc1ncnc2ccc(N)cc12. The van der Waals surface area contributed by atoms with Gasteiger partial charge in [0.05, 0.1) is 5.52 Å². The van der Waals surface area contributed by atoms with Gasteiger partial charge in [-0.2, -0.15) is 11.8 Å². The average Bonchev–Trinajstić information content (AvgIpc) is 2.39. The van der Waals surface area contributed by atoms with Crippen LogP contribution in [0.5, 0.6) is 0 Å². The summed E-state index contributed by atoms with van der Waals surface area (Å²) in [6.07, 6.45) is 6.09. The molecule has 4 nitrogen and oxygen atoms in total. The molecule has 2 aromatic rings. The summed E-state index contributed by atoms with van der Waals surface area (Å²) in [6, 6.07) is 5.70. The van der Waals surface area contributed by atoms with Crippen LogP contribution in [0.4, 0.5) is 11.5 Å². The van der Waals surface area contributed by atoms with Crippen molar-refractivity contribution in [1.29, 1.82) is 0 Å². The number of aromatic nitrogens is 2. The minimum absolute atomic E-state index is 0.739. The van der Waals surface area contributed by atoms with Crippen LogP contribution in [-0.2, 0) is 0 Å². The minimum Gasteiger partial charge on any atom is -0.399 e. The fourth-order valence-electron chi connectivity index (χ4n) is 1.79. The molecule has 0 saturated heterocycles. The number of fused-ring (bicyclic) bond motifs is 1. The van der Waals surface area contributed by atoms with Gasteiger partial charge < -0.3 is 11.1 Å². The van der Waals surface area contributed by atoms with Gasteiger partial charge in [-0.05, 0) is 43.0 Å². The molecule has 96 valence electrons. The summed E-state index contributed by atoms with van der Waals surface area (Å²) in [5.41, 5.74) is 7.46. The number of nitrogens with two attached hydrogens (primary N) is 1. The number of hydrogen-bond donors (Lipinski definition) is 2. The number of hydrogen-bond acceptors (Lipinski definition) is 5. The van der Waals surface area contributed by atoms with Crippen LogP contribution in [0.15, 0.2) is 24.5 Å². The van der Waals surface area contributed by atoms with Gasteiger partial charge in [-0.1, -0.05) is 0 Å². The number of anilines is 2. The van der Waals surface area contributed by atoms with Gasteiger partial charge >= 0.3 is 0 Å². The number of benzene rings is 1. The van der Waals surface area contributed by atoms with Gasteiger partial charge in [-0.25, -0.2) is 9.97 Å². The van der Waals surface area contributed by atoms with Crippen molar-refractivity contribution in [3.8, 4) is 0 Å². The van der Waals surface area contributed by atoms with E-state index >= 15 is 0 Å². The lowest BCUT2D eigenvalue weighted by atomic mass is 10.2. The fraction of sp³-hybridized carbons (Fsp3) is 0.385. The van der Waals surface area contributed by atoms with E-state index in [-0.39, 0.29) is 0 Å². The molecule has 0 atom stereocenters. The molecular formula is C13H18N4S. The Morgan fingerprint density at radius 2 is 2.17 bits per heavy atom. The van der Waals surface area contributed by atoms with Gasteiger partial charge in [0.15, 0.2) is 0 Å². The first kappa shape index (κ1) is 13.0. The number of unbranched alkanes of at least 4 members (excludes halogenated alkanes) is 1. The highest BCUT2D eigenvalue weighted by Gasteiger charge is 2.03. The number of thioether (sulfide) groups is 1. The molecule has 0 unspecified atom stereocenters. The Morgan fingerprint density at radius 3 is 3.00 bits per heavy atom. The van der Waals surface area contributed by atoms with Crippen molar-refractivity contribution in [2.75, 3.05) is 29.6 Å². The van der Waals surface area contributed by atoms with Crippen LogP contribution in [0, 0.1) is 0 Å². The summed E-state index contributed by atoms with van der Waals surface area (Å²) in [7, 11) is 0. The molecule has 0 amide bonds. The molecule has 0 aliphatic carbocycles. The second kappa shape index (κ2) is 6.44. The van der Waals surface area contributed by atoms with E-state index in [9.17, 15) is 0 Å². The van der Waals surface area contributed by atoms with Crippen LogP contribution in [-0.4, -0.2) is 28.5 Å². The topological polar surface area (TPSA) is 63.8 Å². The lowest BCUT2D eigenvalue weighted by Gasteiger charge is -2.08. The third kappa shape index (κ3) is 3.26. The maximum Gasteiger partial charge on any atom is 0.137 e. The molecule has 0 bridgehead atoms. The molecule has 0 spiro atoms. The Bertz CT molecular complexity index is 515. The molecule has 0 aliphatic heterocycles. The van der Waals surface area contributed by atoms with Crippen LogP contribution in [0.3, 0.4) is 0 Å². The van der Waals surface area contributed by atoms with E-state index in [1.807, 2.05) is 30.0 Å². The summed E-state index contributed by atoms with van der Waals surface area (Å²) in [4.78, 5) is 8.51. The van der Waals surface area contributed by atoms with Crippen molar-refractivity contribution in [3.63, 3.8) is 0 Å². The third-order valence-corrected chi connectivity index (χ3v) is 3.42. The summed E-state index contributed by atoms with van der Waals surface area (Å²) in [5, 5.41) is 4.35. The standard InChI is InChI=1S/C13H18N4S/c1-18-7-3-2-6-15-13-11-8-10(14)4-5-12(11)16-9-17-13/h4-5,8-9H,2-3,6-7,14H2,1H3,(H,15,16,17). The van der Waals surface area contributed by atoms with Gasteiger partial charge in [-0.3, -0.25) is 0 Å². The van der Waals surface area contributed by atoms with Crippen LogP contribution in [0.1, 0.15) is 12.8 Å². The highest BCUT2D eigenvalue weighted by atomic mass is 32.2. The lowest BCUT2D eigenvalue weighted by molar-refractivity contribution is 0.840. The Labute approximate surface area is 111 Å². The van der Waals surface area contributed by atoms with Gasteiger partial charge in [0, 0.05) is 17.6 Å². The number of nitrogens with zero attached hydrogens (tertiary/aromatic N) is 2. The molecule has 5 heteroatoms. The van der Waals surface area contributed by atoms with Gasteiger partial charge in [-0.15, -0.1) is 0 Å². The maximum absolute atomic E-state index is 5.80.